The second kappa shape index (κ2) is 5.77. The third-order valence-electron chi connectivity index (χ3n) is 2.47. The Bertz CT molecular complexity index is 547. The predicted octanol–water partition coefficient (Wildman–Crippen LogP) is 2.35. The third-order valence-corrected chi connectivity index (χ3v) is 3.34. The summed E-state index contributed by atoms with van der Waals surface area (Å²) in [5, 5.41) is 12.9. The van der Waals surface area contributed by atoms with E-state index in [1.54, 1.807) is 0 Å². The van der Waals surface area contributed by atoms with Gasteiger partial charge in [-0.2, -0.15) is 0 Å². The van der Waals surface area contributed by atoms with Crippen LogP contribution in [0.5, 0.6) is 0 Å². The van der Waals surface area contributed by atoms with E-state index in [0.29, 0.717) is 17.6 Å². The van der Waals surface area contributed by atoms with Gasteiger partial charge < -0.3 is 5.32 Å². The highest BCUT2D eigenvalue weighted by Crippen LogP contribution is 2.18. The van der Waals surface area contributed by atoms with Crippen molar-refractivity contribution in [2.75, 3.05) is 11.9 Å². The maximum Gasteiger partial charge on any atom is 0.279 e. The third kappa shape index (κ3) is 3.16. The first kappa shape index (κ1) is 12.8. The Morgan fingerprint density at radius 3 is 2.89 bits per heavy atom. The van der Waals surface area contributed by atoms with E-state index in [9.17, 15) is 4.79 Å². The van der Waals surface area contributed by atoms with Crippen molar-refractivity contribution in [3.63, 3.8) is 0 Å². The van der Waals surface area contributed by atoms with Gasteiger partial charge in [-0.25, -0.2) is 0 Å². The molecule has 2 heterocycles. The van der Waals surface area contributed by atoms with Gasteiger partial charge in [-0.3, -0.25) is 9.78 Å². The van der Waals surface area contributed by atoms with Crippen LogP contribution in [0.3, 0.4) is 0 Å². The van der Waals surface area contributed by atoms with Gasteiger partial charge in [-0.05, 0) is 23.8 Å². The van der Waals surface area contributed by atoms with Crippen LogP contribution in [-0.2, 0) is 0 Å². The van der Waals surface area contributed by atoms with Crippen molar-refractivity contribution in [1.82, 2.24) is 15.2 Å². The molecule has 18 heavy (non-hydrogen) atoms. The minimum Gasteiger partial charge on any atom is -0.354 e. The Labute approximate surface area is 109 Å². The summed E-state index contributed by atoms with van der Waals surface area (Å²) in [5.74, 6) is 1.04. The molecule has 0 saturated heterocycles. The molecule has 0 aliphatic carbocycles. The summed E-state index contributed by atoms with van der Waals surface area (Å²) in [5.41, 5.74) is 0.166. The Kier molecular flexibility index (Phi) is 4.09. The second-order valence-corrected chi connectivity index (χ2v) is 5.39. The molecule has 2 rings (SSSR count). The maximum atomic E-state index is 11.8. The SMILES string of the molecule is CC(C)CCNc1nnc(-c2cccs2)c(=O)[nH]1. The highest BCUT2D eigenvalue weighted by molar-refractivity contribution is 7.13. The molecule has 0 fully saturated rings. The summed E-state index contributed by atoms with van der Waals surface area (Å²) >= 11 is 1.47. The topological polar surface area (TPSA) is 70.7 Å². The largest absolute Gasteiger partial charge is 0.354 e. The van der Waals surface area contributed by atoms with Crippen molar-refractivity contribution in [1.29, 1.82) is 0 Å². The van der Waals surface area contributed by atoms with Gasteiger partial charge in [0, 0.05) is 6.54 Å². The van der Waals surface area contributed by atoms with Crippen molar-refractivity contribution in [3.05, 3.63) is 27.9 Å². The van der Waals surface area contributed by atoms with E-state index in [4.69, 9.17) is 0 Å². The number of nitrogens with zero attached hydrogens (tertiary/aromatic N) is 2. The van der Waals surface area contributed by atoms with Gasteiger partial charge in [0.1, 0.15) is 0 Å². The van der Waals surface area contributed by atoms with Gasteiger partial charge in [-0.15, -0.1) is 21.5 Å². The van der Waals surface area contributed by atoms with E-state index in [1.807, 2.05) is 17.5 Å². The van der Waals surface area contributed by atoms with Gasteiger partial charge in [0.25, 0.3) is 5.56 Å². The van der Waals surface area contributed by atoms with Crippen molar-refractivity contribution in [2.24, 2.45) is 5.92 Å². The van der Waals surface area contributed by atoms with Gasteiger partial charge in [0.15, 0.2) is 5.69 Å². The fourth-order valence-electron chi connectivity index (χ4n) is 1.47. The number of rotatable bonds is 5. The molecule has 0 atom stereocenters. The van der Waals surface area contributed by atoms with Crippen LogP contribution in [0.15, 0.2) is 22.3 Å². The zero-order valence-corrected chi connectivity index (χ0v) is 11.3. The molecule has 0 aliphatic rings. The number of nitrogens with one attached hydrogen (secondary N) is 2. The molecule has 0 saturated carbocycles. The van der Waals surface area contributed by atoms with Crippen LogP contribution in [0.4, 0.5) is 5.95 Å². The van der Waals surface area contributed by atoms with Crippen LogP contribution in [0, 0.1) is 5.92 Å². The molecule has 96 valence electrons. The fourth-order valence-corrected chi connectivity index (χ4v) is 2.18. The Hall–Kier alpha value is -1.69. The number of thiophene rings is 1. The lowest BCUT2D eigenvalue weighted by molar-refractivity contribution is 0.605. The minimum absolute atomic E-state index is 0.209. The van der Waals surface area contributed by atoms with Crippen LogP contribution in [-0.4, -0.2) is 21.7 Å². The standard InChI is InChI=1S/C12H16N4OS/c1-8(2)5-6-13-12-14-11(17)10(15-16-12)9-4-3-7-18-9/h3-4,7-8H,5-6H2,1-2H3,(H2,13,14,16,17). The first-order chi connectivity index (χ1) is 8.66. The molecule has 6 heteroatoms. The van der Waals surface area contributed by atoms with Crippen LogP contribution in [0.25, 0.3) is 10.6 Å². The van der Waals surface area contributed by atoms with E-state index >= 15 is 0 Å². The summed E-state index contributed by atoms with van der Waals surface area (Å²) in [6, 6.07) is 3.74. The quantitative estimate of drug-likeness (QED) is 0.869. The minimum atomic E-state index is -0.209. The zero-order valence-electron chi connectivity index (χ0n) is 10.4. The monoisotopic (exact) mass is 264 g/mol. The number of aromatic amines is 1. The summed E-state index contributed by atoms with van der Waals surface area (Å²) in [6.45, 7) is 5.08. The molecular formula is C12H16N4OS. The summed E-state index contributed by atoms with van der Waals surface area (Å²) < 4.78 is 0. The first-order valence-electron chi connectivity index (χ1n) is 5.91. The Morgan fingerprint density at radius 1 is 1.44 bits per heavy atom. The molecule has 0 aliphatic heterocycles. The first-order valence-corrected chi connectivity index (χ1v) is 6.79. The van der Waals surface area contributed by atoms with Gasteiger partial charge >= 0.3 is 0 Å². The number of hydrogen-bond acceptors (Lipinski definition) is 5. The van der Waals surface area contributed by atoms with Crippen LogP contribution >= 0.6 is 11.3 Å². The zero-order chi connectivity index (χ0) is 13.0. The number of hydrogen-bond donors (Lipinski definition) is 2. The summed E-state index contributed by atoms with van der Waals surface area (Å²) in [6.07, 6.45) is 1.02. The van der Waals surface area contributed by atoms with Gasteiger partial charge in [0.2, 0.25) is 5.95 Å². The highest BCUT2D eigenvalue weighted by atomic mass is 32.1. The molecule has 2 aromatic rings. The van der Waals surface area contributed by atoms with Crippen molar-refractivity contribution >= 4 is 17.3 Å². The molecule has 0 aromatic carbocycles. The van der Waals surface area contributed by atoms with Crippen molar-refractivity contribution < 1.29 is 0 Å². The van der Waals surface area contributed by atoms with E-state index in [-0.39, 0.29) is 5.56 Å². The number of H-pyrrole nitrogens is 1. The lowest BCUT2D eigenvalue weighted by atomic mass is 10.1. The Morgan fingerprint density at radius 2 is 2.28 bits per heavy atom. The molecule has 2 N–H and O–H groups in total. The lowest BCUT2D eigenvalue weighted by Gasteiger charge is -2.06. The van der Waals surface area contributed by atoms with Crippen LogP contribution < -0.4 is 10.9 Å². The molecule has 0 amide bonds. The second-order valence-electron chi connectivity index (χ2n) is 4.44. The molecule has 0 unspecified atom stereocenters. The normalized spacial score (nSPS) is 10.8. The van der Waals surface area contributed by atoms with Gasteiger partial charge in [0.05, 0.1) is 4.88 Å². The van der Waals surface area contributed by atoms with Crippen LogP contribution in [0.1, 0.15) is 20.3 Å². The van der Waals surface area contributed by atoms with Crippen molar-refractivity contribution in [3.8, 4) is 10.6 Å². The van der Waals surface area contributed by atoms with Gasteiger partial charge in [-0.1, -0.05) is 19.9 Å². The van der Waals surface area contributed by atoms with E-state index in [2.05, 4.69) is 34.3 Å². The van der Waals surface area contributed by atoms with E-state index in [1.165, 1.54) is 11.3 Å². The van der Waals surface area contributed by atoms with E-state index in [0.717, 1.165) is 17.8 Å². The summed E-state index contributed by atoms with van der Waals surface area (Å²) in [7, 11) is 0. The molecule has 0 bridgehead atoms. The average Bonchev–Trinajstić information content (AvgIpc) is 2.82. The molecule has 0 spiro atoms. The predicted molar refractivity (Wildman–Crippen MR) is 73.9 cm³/mol. The smallest absolute Gasteiger partial charge is 0.279 e. The van der Waals surface area contributed by atoms with E-state index < -0.39 is 0 Å². The average molecular weight is 264 g/mol. The highest BCUT2D eigenvalue weighted by Gasteiger charge is 2.07. The van der Waals surface area contributed by atoms with Crippen LogP contribution in [0.2, 0.25) is 0 Å². The number of anilines is 1. The number of aromatic nitrogens is 3. The fraction of sp³-hybridized carbons (Fsp3) is 0.417. The van der Waals surface area contributed by atoms with Crippen molar-refractivity contribution in [2.45, 2.75) is 20.3 Å². The maximum absolute atomic E-state index is 11.8. The molecule has 0 radical (unpaired) electrons. The Balaban J connectivity index is 2.08. The molecule has 2 aromatic heterocycles. The summed E-state index contributed by atoms with van der Waals surface area (Å²) in [4.78, 5) is 15.4. The lowest BCUT2D eigenvalue weighted by Crippen LogP contribution is -2.17. The molecule has 5 nitrogen and oxygen atoms in total. The molecular weight excluding hydrogens is 248 g/mol.